The highest BCUT2D eigenvalue weighted by Gasteiger charge is 2.48. The van der Waals surface area contributed by atoms with Gasteiger partial charge in [0.2, 0.25) is 0 Å². The average Bonchev–Trinajstić information content (AvgIpc) is 2.79. The lowest BCUT2D eigenvalue weighted by atomic mass is 9.93. The molecular formula is C12H20O4. The van der Waals surface area contributed by atoms with Crippen LogP contribution in [0.25, 0.3) is 0 Å². The van der Waals surface area contributed by atoms with Gasteiger partial charge in [-0.25, -0.2) is 0 Å². The second-order valence-electron chi connectivity index (χ2n) is 5.58. The summed E-state index contributed by atoms with van der Waals surface area (Å²) in [4.78, 5) is 23.3. The molecule has 0 bridgehead atoms. The molecular weight excluding hydrogens is 208 g/mol. The minimum absolute atomic E-state index is 0.0154. The van der Waals surface area contributed by atoms with E-state index >= 15 is 0 Å². The Balaban J connectivity index is 2.42. The molecule has 1 rings (SSSR count). The molecule has 92 valence electrons. The standard InChI is InChI=1S/C12H20O4/c1-8(10(14)12(5)7-15-12)6-9(13)16-11(2,3)4/h8H,6-7H2,1-5H3/t8-,12?/m1/s1. The smallest absolute Gasteiger partial charge is 0.307 e. The van der Waals surface area contributed by atoms with Crippen LogP contribution in [0.3, 0.4) is 0 Å². The summed E-state index contributed by atoms with van der Waals surface area (Å²) in [7, 11) is 0. The number of ether oxygens (including phenoxy) is 2. The van der Waals surface area contributed by atoms with Gasteiger partial charge in [0.25, 0.3) is 0 Å². The lowest BCUT2D eigenvalue weighted by Crippen LogP contribution is -2.31. The quantitative estimate of drug-likeness (QED) is 0.543. The maximum Gasteiger partial charge on any atom is 0.307 e. The van der Waals surface area contributed by atoms with Gasteiger partial charge in [0.05, 0.1) is 13.0 Å². The van der Waals surface area contributed by atoms with Crippen molar-refractivity contribution >= 4 is 11.8 Å². The third-order valence-electron chi connectivity index (χ3n) is 2.44. The number of hydrogen-bond acceptors (Lipinski definition) is 4. The SMILES string of the molecule is C[C@H](CC(=O)OC(C)(C)C)C(=O)C1(C)CO1. The minimum Gasteiger partial charge on any atom is -0.460 e. The molecule has 1 unspecified atom stereocenters. The van der Waals surface area contributed by atoms with Crippen molar-refractivity contribution in [2.45, 2.75) is 52.2 Å². The topological polar surface area (TPSA) is 55.9 Å². The zero-order valence-electron chi connectivity index (χ0n) is 10.6. The van der Waals surface area contributed by atoms with Crippen molar-refractivity contribution < 1.29 is 19.1 Å². The van der Waals surface area contributed by atoms with Crippen LogP contribution in [0.1, 0.15) is 41.0 Å². The predicted molar refractivity (Wildman–Crippen MR) is 59.0 cm³/mol. The number of rotatable bonds is 4. The van der Waals surface area contributed by atoms with Gasteiger partial charge in [-0.2, -0.15) is 0 Å². The van der Waals surface area contributed by atoms with E-state index in [0.29, 0.717) is 6.61 Å². The van der Waals surface area contributed by atoms with Crippen LogP contribution >= 0.6 is 0 Å². The fraction of sp³-hybridized carbons (Fsp3) is 0.833. The van der Waals surface area contributed by atoms with Gasteiger partial charge in [-0.15, -0.1) is 0 Å². The van der Waals surface area contributed by atoms with Crippen LogP contribution in [0, 0.1) is 5.92 Å². The number of carbonyl (C=O) groups is 2. The number of hydrogen-bond donors (Lipinski definition) is 0. The molecule has 1 aliphatic heterocycles. The monoisotopic (exact) mass is 228 g/mol. The Hall–Kier alpha value is -0.900. The molecule has 4 heteroatoms. The Bertz CT molecular complexity index is 297. The van der Waals surface area contributed by atoms with Crippen LogP contribution in [-0.4, -0.2) is 29.6 Å². The number of esters is 1. The van der Waals surface area contributed by atoms with Gasteiger partial charge in [-0.3, -0.25) is 9.59 Å². The molecule has 1 saturated heterocycles. The van der Waals surface area contributed by atoms with E-state index in [1.54, 1.807) is 13.8 Å². The van der Waals surface area contributed by atoms with Crippen LogP contribution in [0.4, 0.5) is 0 Å². The lowest BCUT2D eigenvalue weighted by Gasteiger charge is -2.21. The Morgan fingerprint density at radius 1 is 1.44 bits per heavy atom. The van der Waals surface area contributed by atoms with Gasteiger partial charge in [0, 0.05) is 5.92 Å². The summed E-state index contributed by atoms with van der Waals surface area (Å²) in [5.41, 5.74) is -1.15. The van der Waals surface area contributed by atoms with Crippen LogP contribution in [-0.2, 0) is 19.1 Å². The fourth-order valence-corrected chi connectivity index (χ4v) is 1.50. The zero-order valence-corrected chi connectivity index (χ0v) is 10.6. The summed E-state index contributed by atoms with van der Waals surface area (Å²) in [5.74, 6) is -0.696. The molecule has 1 fully saturated rings. The Morgan fingerprint density at radius 2 is 1.94 bits per heavy atom. The number of epoxide rings is 1. The van der Waals surface area contributed by atoms with E-state index in [1.807, 2.05) is 20.8 Å². The van der Waals surface area contributed by atoms with E-state index in [0.717, 1.165) is 0 Å². The van der Waals surface area contributed by atoms with Crippen LogP contribution in [0.5, 0.6) is 0 Å². The van der Waals surface area contributed by atoms with E-state index in [9.17, 15) is 9.59 Å². The summed E-state index contributed by atoms with van der Waals surface area (Å²) in [6, 6.07) is 0. The molecule has 0 saturated carbocycles. The van der Waals surface area contributed by atoms with Crippen LogP contribution < -0.4 is 0 Å². The summed E-state index contributed by atoms with van der Waals surface area (Å²) in [5, 5.41) is 0. The van der Waals surface area contributed by atoms with Crippen molar-refractivity contribution in [2.24, 2.45) is 5.92 Å². The molecule has 0 aliphatic carbocycles. The van der Waals surface area contributed by atoms with Gasteiger partial charge in [-0.05, 0) is 27.7 Å². The molecule has 0 spiro atoms. The summed E-state index contributed by atoms with van der Waals surface area (Å²) in [6.45, 7) is 9.37. The second-order valence-corrected chi connectivity index (χ2v) is 5.58. The van der Waals surface area contributed by atoms with Crippen LogP contribution in [0.15, 0.2) is 0 Å². The molecule has 2 atom stereocenters. The molecule has 1 aliphatic rings. The molecule has 0 aromatic heterocycles. The molecule has 0 radical (unpaired) electrons. The first-order valence-corrected chi connectivity index (χ1v) is 5.54. The Morgan fingerprint density at radius 3 is 2.31 bits per heavy atom. The van der Waals surface area contributed by atoms with Crippen molar-refractivity contribution in [3.63, 3.8) is 0 Å². The number of carbonyl (C=O) groups excluding carboxylic acids is 2. The highest BCUT2D eigenvalue weighted by molar-refractivity contribution is 5.93. The van der Waals surface area contributed by atoms with E-state index in [4.69, 9.17) is 9.47 Å². The van der Waals surface area contributed by atoms with Gasteiger partial charge in [-0.1, -0.05) is 6.92 Å². The predicted octanol–water partition coefficient (Wildman–Crippen LogP) is 1.71. The molecule has 1 heterocycles. The van der Waals surface area contributed by atoms with Gasteiger partial charge in [0.15, 0.2) is 5.78 Å². The van der Waals surface area contributed by atoms with Gasteiger partial charge in [0.1, 0.15) is 11.2 Å². The first-order chi connectivity index (χ1) is 7.14. The van der Waals surface area contributed by atoms with Gasteiger partial charge < -0.3 is 9.47 Å². The Labute approximate surface area is 96.3 Å². The normalized spacial score (nSPS) is 26.1. The summed E-state index contributed by atoms with van der Waals surface area (Å²) >= 11 is 0. The summed E-state index contributed by atoms with van der Waals surface area (Å²) in [6.07, 6.45) is 0.120. The largest absolute Gasteiger partial charge is 0.460 e. The van der Waals surface area contributed by atoms with E-state index < -0.39 is 11.2 Å². The Kier molecular flexibility index (Phi) is 3.43. The van der Waals surface area contributed by atoms with E-state index in [2.05, 4.69) is 0 Å². The first-order valence-electron chi connectivity index (χ1n) is 5.54. The lowest BCUT2D eigenvalue weighted by molar-refractivity contribution is -0.157. The molecule has 0 N–H and O–H groups in total. The second kappa shape index (κ2) is 4.17. The third-order valence-corrected chi connectivity index (χ3v) is 2.44. The minimum atomic E-state index is -0.651. The van der Waals surface area contributed by atoms with Crippen molar-refractivity contribution in [3.8, 4) is 0 Å². The highest BCUT2D eigenvalue weighted by Crippen LogP contribution is 2.31. The maximum atomic E-state index is 11.8. The highest BCUT2D eigenvalue weighted by atomic mass is 16.6. The van der Waals surface area contributed by atoms with Gasteiger partial charge >= 0.3 is 5.97 Å². The van der Waals surface area contributed by atoms with Crippen molar-refractivity contribution in [1.82, 2.24) is 0 Å². The van der Waals surface area contributed by atoms with Crippen molar-refractivity contribution in [1.29, 1.82) is 0 Å². The summed E-state index contributed by atoms with van der Waals surface area (Å²) < 4.78 is 10.2. The molecule has 0 aromatic carbocycles. The molecule has 16 heavy (non-hydrogen) atoms. The number of ketones is 1. The molecule has 4 nitrogen and oxygen atoms in total. The van der Waals surface area contributed by atoms with Crippen molar-refractivity contribution in [2.75, 3.05) is 6.61 Å². The zero-order chi connectivity index (χ0) is 12.6. The van der Waals surface area contributed by atoms with E-state index in [-0.39, 0.29) is 24.1 Å². The number of Topliss-reactive ketones (excluding diaryl/α,β-unsaturated/α-hetero) is 1. The fourth-order valence-electron chi connectivity index (χ4n) is 1.50. The van der Waals surface area contributed by atoms with E-state index in [1.165, 1.54) is 0 Å². The maximum absolute atomic E-state index is 11.8. The van der Waals surface area contributed by atoms with Crippen molar-refractivity contribution in [3.05, 3.63) is 0 Å². The average molecular weight is 228 g/mol. The van der Waals surface area contributed by atoms with Crippen LogP contribution in [0.2, 0.25) is 0 Å². The molecule has 0 amide bonds. The first kappa shape index (κ1) is 13.2. The third kappa shape index (κ3) is 3.59. The molecule has 0 aromatic rings.